The number of carbonyl (C=O) groups excluding carboxylic acids is 1. The van der Waals surface area contributed by atoms with Gasteiger partial charge in [0.25, 0.3) is 0 Å². The summed E-state index contributed by atoms with van der Waals surface area (Å²) in [6.07, 6.45) is 0. The lowest BCUT2D eigenvalue weighted by Gasteiger charge is -2.35. The Kier molecular flexibility index (Phi) is 5.72. The summed E-state index contributed by atoms with van der Waals surface area (Å²) < 4.78 is 10.4. The molecule has 0 aliphatic carbocycles. The molecule has 0 aromatic carbocycles. The fourth-order valence-corrected chi connectivity index (χ4v) is 2.37. The van der Waals surface area contributed by atoms with Crippen LogP contribution in [0.5, 0.6) is 0 Å². The summed E-state index contributed by atoms with van der Waals surface area (Å²) >= 11 is 6.03. The third kappa shape index (κ3) is 4.03. The van der Waals surface area contributed by atoms with Crippen LogP contribution in [0.25, 0.3) is 0 Å². The minimum Gasteiger partial charge on any atom is -0.377 e. The summed E-state index contributed by atoms with van der Waals surface area (Å²) in [6, 6.07) is 1.23. The Balaban J connectivity index is 2.26. The van der Waals surface area contributed by atoms with Gasteiger partial charge in [0.05, 0.1) is 13.2 Å². The van der Waals surface area contributed by atoms with Crippen LogP contribution in [0.2, 0.25) is 5.15 Å². The second-order valence-electron chi connectivity index (χ2n) is 4.58. The van der Waals surface area contributed by atoms with Gasteiger partial charge in [-0.05, 0) is 6.92 Å². The van der Waals surface area contributed by atoms with Crippen molar-refractivity contribution in [1.29, 1.82) is 0 Å². The fourth-order valence-electron chi connectivity index (χ4n) is 2.18. The highest BCUT2D eigenvalue weighted by molar-refractivity contribution is 6.29. The van der Waals surface area contributed by atoms with E-state index in [1.165, 1.54) is 0 Å². The Morgan fingerprint density at radius 2 is 2.43 bits per heavy atom. The van der Waals surface area contributed by atoms with E-state index in [2.05, 4.69) is 15.3 Å². The normalized spacial score (nSPS) is 18.6. The van der Waals surface area contributed by atoms with E-state index in [-0.39, 0.29) is 12.5 Å². The molecule has 2 rings (SSSR count). The number of nitrogens with zero attached hydrogens (tertiary/aromatic N) is 3. The van der Waals surface area contributed by atoms with E-state index >= 15 is 0 Å². The van der Waals surface area contributed by atoms with Gasteiger partial charge in [0, 0.05) is 26.3 Å². The largest absolute Gasteiger partial charge is 0.377 e. The van der Waals surface area contributed by atoms with E-state index in [0.29, 0.717) is 43.1 Å². The number of ether oxygens (including phenoxy) is 2. The van der Waals surface area contributed by atoms with Crippen LogP contribution in [-0.4, -0.2) is 55.3 Å². The monoisotopic (exact) mass is 314 g/mol. The summed E-state index contributed by atoms with van der Waals surface area (Å²) in [5, 5.41) is 3.13. The SMILES string of the molecule is CCNC(=O)C1COCCN1c1cc(Cl)nc(COC)n1. The second kappa shape index (κ2) is 7.53. The molecular formula is C13H19ClN4O3. The Hall–Kier alpha value is -1.44. The molecule has 1 amide bonds. The first-order valence-corrected chi connectivity index (χ1v) is 7.18. The predicted octanol–water partition coefficient (Wildman–Crippen LogP) is 0.618. The first-order chi connectivity index (χ1) is 10.2. The van der Waals surface area contributed by atoms with Gasteiger partial charge in [-0.2, -0.15) is 0 Å². The van der Waals surface area contributed by atoms with E-state index in [9.17, 15) is 4.79 Å². The number of likely N-dealkylation sites (N-methyl/N-ethyl adjacent to an activating group) is 1. The number of morpholine rings is 1. The van der Waals surface area contributed by atoms with Crippen molar-refractivity contribution in [2.45, 2.75) is 19.6 Å². The van der Waals surface area contributed by atoms with Crippen LogP contribution in [0.1, 0.15) is 12.7 Å². The smallest absolute Gasteiger partial charge is 0.245 e. The third-order valence-corrected chi connectivity index (χ3v) is 3.27. The van der Waals surface area contributed by atoms with E-state index < -0.39 is 6.04 Å². The maximum Gasteiger partial charge on any atom is 0.245 e. The second-order valence-corrected chi connectivity index (χ2v) is 4.96. The molecule has 7 nitrogen and oxygen atoms in total. The number of carbonyl (C=O) groups is 1. The molecule has 8 heteroatoms. The average molecular weight is 315 g/mol. The van der Waals surface area contributed by atoms with E-state index in [1.54, 1.807) is 13.2 Å². The first-order valence-electron chi connectivity index (χ1n) is 6.80. The number of hydrogen-bond donors (Lipinski definition) is 1. The van der Waals surface area contributed by atoms with E-state index in [4.69, 9.17) is 21.1 Å². The molecule has 0 bridgehead atoms. The van der Waals surface area contributed by atoms with Crippen molar-refractivity contribution < 1.29 is 14.3 Å². The van der Waals surface area contributed by atoms with Gasteiger partial charge in [-0.15, -0.1) is 0 Å². The maximum absolute atomic E-state index is 12.1. The molecular weight excluding hydrogens is 296 g/mol. The number of anilines is 1. The summed E-state index contributed by atoms with van der Waals surface area (Å²) in [4.78, 5) is 22.5. The van der Waals surface area contributed by atoms with Crippen LogP contribution < -0.4 is 10.2 Å². The minimum atomic E-state index is -0.417. The number of amides is 1. The van der Waals surface area contributed by atoms with Gasteiger partial charge < -0.3 is 19.7 Å². The molecule has 2 heterocycles. The highest BCUT2D eigenvalue weighted by atomic mass is 35.5. The van der Waals surface area contributed by atoms with Crippen molar-refractivity contribution in [3.05, 3.63) is 17.0 Å². The molecule has 1 aromatic heterocycles. The summed E-state index contributed by atoms with van der Waals surface area (Å²) in [5.41, 5.74) is 0. The lowest BCUT2D eigenvalue weighted by Crippen LogP contribution is -2.54. The van der Waals surface area contributed by atoms with Crippen LogP contribution in [0.15, 0.2) is 6.07 Å². The van der Waals surface area contributed by atoms with Crippen molar-refractivity contribution in [2.24, 2.45) is 0 Å². The Morgan fingerprint density at radius 1 is 1.62 bits per heavy atom. The summed E-state index contributed by atoms with van der Waals surface area (Å²) in [5.74, 6) is 1.02. The van der Waals surface area contributed by atoms with Gasteiger partial charge in [-0.25, -0.2) is 9.97 Å². The number of rotatable bonds is 5. The van der Waals surface area contributed by atoms with E-state index in [0.717, 1.165) is 0 Å². The molecule has 1 fully saturated rings. The zero-order valence-electron chi connectivity index (χ0n) is 12.1. The average Bonchev–Trinajstić information content (AvgIpc) is 2.47. The standard InChI is InChI=1S/C13H19ClN4O3/c1-3-15-13(19)9-7-21-5-4-18(9)12-6-10(14)16-11(17-12)8-20-2/h6,9H,3-5,7-8H2,1-2H3,(H,15,19). The van der Waals surface area contributed by atoms with Crippen LogP contribution in [0.4, 0.5) is 5.82 Å². The van der Waals surface area contributed by atoms with Gasteiger partial charge in [-0.3, -0.25) is 4.79 Å². The van der Waals surface area contributed by atoms with Crippen LogP contribution in [-0.2, 0) is 20.9 Å². The van der Waals surface area contributed by atoms with Crippen molar-refractivity contribution in [3.63, 3.8) is 0 Å². The molecule has 1 saturated heterocycles. The molecule has 116 valence electrons. The summed E-state index contributed by atoms with van der Waals surface area (Å²) in [6.45, 7) is 4.16. The highest BCUT2D eigenvalue weighted by Gasteiger charge is 2.30. The number of aromatic nitrogens is 2. The molecule has 1 unspecified atom stereocenters. The molecule has 0 spiro atoms. The Morgan fingerprint density at radius 3 is 3.14 bits per heavy atom. The van der Waals surface area contributed by atoms with Gasteiger partial charge >= 0.3 is 0 Å². The predicted molar refractivity (Wildman–Crippen MR) is 78.4 cm³/mol. The first kappa shape index (κ1) is 15.9. The zero-order valence-corrected chi connectivity index (χ0v) is 12.9. The van der Waals surface area contributed by atoms with Crippen molar-refractivity contribution in [2.75, 3.05) is 38.3 Å². The van der Waals surface area contributed by atoms with Crippen LogP contribution in [0.3, 0.4) is 0 Å². The lowest BCUT2D eigenvalue weighted by molar-refractivity contribution is -0.124. The van der Waals surface area contributed by atoms with Gasteiger partial charge in [0.2, 0.25) is 5.91 Å². The topological polar surface area (TPSA) is 76.6 Å². The molecule has 21 heavy (non-hydrogen) atoms. The number of nitrogens with one attached hydrogen (secondary N) is 1. The van der Waals surface area contributed by atoms with Crippen molar-refractivity contribution in [1.82, 2.24) is 15.3 Å². The van der Waals surface area contributed by atoms with Crippen molar-refractivity contribution >= 4 is 23.3 Å². The molecule has 1 aliphatic heterocycles. The Bertz CT molecular complexity index is 500. The fraction of sp³-hybridized carbons (Fsp3) is 0.615. The Labute approximate surface area is 128 Å². The molecule has 1 N–H and O–H groups in total. The van der Waals surface area contributed by atoms with Gasteiger partial charge in [0.15, 0.2) is 5.82 Å². The zero-order chi connectivity index (χ0) is 15.2. The summed E-state index contributed by atoms with van der Waals surface area (Å²) in [7, 11) is 1.57. The quantitative estimate of drug-likeness (QED) is 0.803. The molecule has 1 atom stereocenters. The third-order valence-electron chi connectivity index (χ3n) is 3.08. The number of methoxy groups -OCH3 is 1. The molecule has 0 saturated carbocycles. The minimum absolute atomic E-state index is 0.0831. The number of hydrogen-bond acceptors (Lipinski definition) is 6. The van der Waals surface area contributed by atoms with Crippen LogP contribution >= 0.6 is 11.6 Å². The van der Waals surface area contributed by atoms with Crippen LogP contribution in [0, 0.1) is 0 Å². The maximum atomic E-state index is 12.1. The van der Waals surface area contributed by atoms with Gasteiger partial charge in [-0.1, -0.05) is 11.6 Å². The highest BCUT2D eigenvalue weighted by Crippen LogP contribution is 2.21. The number of halogens is 1. The molecule has 0 radical (unpaired) electrons. The lowest BCUT2D eigenvalue weighted by atomic mass is 10.2. The molecule has 1 aliphatic rings. The van der Waals surface area contributed by atoms with E-state index in [1.807, 2.05) is 11.8 Å². The van der Waals surface area contributed by atoms with Gasteiger partial charge in [0.1, 0.15) is 23.6 Å². The van der Waals surface area contributed by atoms with Crippen molar-refractivity contribution in [3.8, 4) is 0 Å². The molecule has 1 aromatic rings.